The highest BCUT2D eigenvalue weighted by molar-refractivity contribution is 6.01. The molecule has 0 radical (unpaired) electrons. The van der Waals surface area contributed by atoms with E-state index >= 15 is 0 Å². The Morgan fingerprint density at radius 2 is 1.90 bits per heavy atom. The monoisotopic (exact) mass is 301 g/mol. The summed E-state index contributed by atoms with van der Waals surface area (Å²) in [5.74, 6) is -0.715. The molecule has 6 heteroatoms. The van der Waals surface area contributed by atoms with Crippen LogP contribution in [0.1, 0.15) is 47.0 Å². The number of nitrogens with zero attached hydrogens (tertiary/aromatic N) is 1. The molecule has 1 atom stereocenters. The van der Waals surface area contributed by atoms with Crippen molar-refractivity contribution >= 4 is 17.7 Å². The van der Waals surface area contributed by atoms with E-state index in [1.165, 1.54) is 11.8 Å². The van der Waals surface area contributed by atoms with Gasteiger partial charge in [0.05, 0.1) is 11.8 Å². The molecule has 1 amide bonds. The number of likely N-dealkylation sites (tertiary alicyclic amines) is 1. The van der Waals surface area contributed by atoms with E-state index < -0.39 is 29.6 Å². The van der Waals surface area contributed by atoms with Gasteiger partial charge in [0.25, 0.3) is 0 Å². The summed E-state index contributed by atoms with van der Waals surface area (Å²) >= 11 is 0. The Labute approximate surface area is 124 Å². The Hall–Kier alpha value is -1.46. The number of halogens is 1. The number of ketones is 2. The summed E-state index contributed by atoms with van der Waals surface area (Å²) < 4.78 is 18.8. The number of hydrogen-bond donors (Lipinski definition) is 0. The fourth-order valence-electron chi connectivity index (χ4n) is 2.44. The Balaban J connectivity index is 2.83. The maximum atomic E-state index is 13.5. The third-order valence-corrected chi connectivity index (χ3v) is 3.49. The largest absolute Gasteiger partial charge is 0.444 e. The van der Waals surface area contributed by atoms with Gasteiger partial charge in [0.1, 0.15) is 18.1 Å². The van der Waals surface area contributed by atoms with E-state index in [2.05, 4.69) is 0 Å². The van der Waals surface area contributed by atoms with Crippen LogP contribution in [-0.2, 0) is 14.3 Å². The molecule has 1 rings (SSSR count). The SMILES string of the molecule is CC(=O)CC(=O)C1(CF)CCCN(C(=O)OC(C)(C)C)C1. The summed E-state index contributed by atoms with van der Waals surface area (Å²) in [7, 11) is 0. The summed E-state index contributed by atoms with van der Waals surface area (Å²) in [6.45, 7) is 6.10. The van der Waals surface area contributed by atoms with E-state index in [0.717, 1.165) is 0 Å². The lowest BCUT2D eigenvalue weighted by Crippen LogP contribution is -2.52. The van der Waals surface area contributed by atoms with Gasteiger partial charge in [0.2, 0.25) is 0 Å². The maximum Gasteiger partial charge on any atom is 0.410 e. The smallest absolute Gasteiger partial charge is 0.410 e. The molecule has 0 spiro atoms. The maximum absolute atomic E-state index is 13.5. The number of rotatable bonds is 4. The zero-order valence-electron chi connectivity index (χ0n) is 13.2. The second kappa shape index (κ2) is 6.54. The van der Waals surface area contributed by atoms with Crippen LogP contribution in [0.2, 0.25) is 0 Å². The van der Waals surface area contributed by atoms with E-state index in [1.807, 2.05) is 0 Å². The van der Waals surface area contributed by atoms with Gasteiger partial charge in [0, 0.05) is 13.1 Å². The Morgan fingerprint density at radius 3 is 2.38 bits per heavy atom. The quantitative estimate of drug-likeness (QED) is 0.748. The minimum atomic E-state index is -1.26. The highest BCUT2D eigenvalue weighted by Gasteiger charge is 2.44. The van der Waals surface area contributed by atoms with E-state index in [-0.39, 0.29) is 18.7 Å². The standard InChI is InChI=1S/C15H24FNO4/c1-11(18)8-12(19)15(9-16)6-5-7-17(10-15)13(20)21-14(2,3)4/h5-10H2,1-4H3. The van der Waals surface area contributed by atoms with Crippen molar-refractivity contribution in [1.29, 1.82) is 0 Å². The van der Waals surface area contributed by atoms with Gasteiger partial charge in [0.15, 0.2) is 5.78 Å². The lowest BCUT2D eigenvalue weighted by molar-refractivity contribution is -0.136. The minimum absolute atomic E-state index is 0.0233. The lowest BCUT2D eigenvalue weighted by Gasteiger charge is -2.40. The fraction of sp³-hybridized carbons (Fsp3) is 0.800. The number of piperidine rings is 1. The number of Topliss-reactive ketones (excluding diaryl/α,β-unsaturated/α-hetero) is 2. The normalized spacial score (nSPS) is 22.8. The summed E-state index contributed by atoms with van der Waals surface area (Å²) in [6.07, 6.45) is 0.0454. The van der Waals surface area contributed by atoms with Crippen molar-refractivity contribution in [1.82, 2.24) is 4.90 Å². The van der Waals surface area contributed by atoms with Crippen molar-refractivity contribution < 1.29 is 23.5 Å². The molecule has 0 saturated carbocycles. The topological polar surface area (TPSA) is 63.7 Å². The Morgan fingerprint density at radius 1 is 1.29 bits per heavy atom. The van der Waals surface area contributed by atoms with Crippen LogP contribution in [0, 0.1) is 5.41 Å². The van der Waals surface area contributed by atoms with Crippen molar-refractivity contribution in [3.63, 3.8) is 0 Å². The van der Waals surface area contributed by atoms with Crippen LogP contribution < -0.4 is 0 Å². The third-order valence-electron chi connectivity index (χ3n) is 3.49. The molecular weight excluding hydrogens is 277 g/mol. The van der Waals surface area contributed by atoms with Crippen molar-refractivity contribution in [2.24, 2.45) is 5.41 Å². The number of carbonyl (C=O) groups excluding carboxylic acids is 3. The molecule has 0 bridgehead atoms. The molecule has 0 aliphatic carbocycles. The van der Waals surface area contributed by atoms with E-state index in [4.69, 9.17) is 4.74 Å². The molecule has 0 N–H and O–H groups in total. The predicted octanol–water partition coefficient (Wildman–Crippen LogP) is 2.52. The summed E-state index contributed by atoms with van der Waals surface area (Å²) in [6, 6.07) is 0. The molecule has 0 aromatic rings. The van der Waals surface area contributed by atoms with Crippen LogP contribution in [0.4, 0.5) is 9.18 Å². The Kier molecular flexibility index (Phi) is 5.48. The minimum Gasteiger partial charge on any atom is -0.444 e. The van der Waals surface area contributed by atoms with Crippen molar-refractivity contribution in [2.75, 3.05) is 19.8 Å². The first-order valence-corrected chi connectivity index (χ1v) is 7.16. The van der Waals surface area contributed by atoms with E-state index in [9.17, 15) is 18.8 Å². The van der Waals surface area contributed by atoms with Crippen LogP contribution in [0.3, 0.4) is 0 Å². The van der Waals surface area contributed by atoms with Crippen LogP contribution in [0.15, 0.2) is 0 Å². The third kappa shape index (κ3) is 4.79. The van der Waals surface area contributed by atoms with Crippen LogP contribution in [0.5, 0.6) is 0 Å². The summed E-state index contributed by atoms with van der Waals surface area (Å²) in [5, 5.41) is 0. The zero-order chi connectivity index (χ0) is 16.3. The predicted molar refractivity (Wildman–Crippen MR) is 75.8 cm³/mol. The molecule has 1 aliphatic heterocycles. The van der Waals surface area contributed by atoms with Gasteiger partial charge in [-0.05, 0) is 40.5 Å². The van der Waals surface area contributed by atoms with Crippen LogP contribution in [0.25, 0.3) is 0 Å². The van der Waals surface area contributed by atoms with Gasteiger partial charge in [-0.25, -0.2) is 9.18 Å². The van der Waals surface area contributed by atoms with Crippen molar-refractivity contribution in [2.45, 2.75) is 52.6 Å². The van der Waals surface area contributed by atoms with E-state index in [0.29, 0.717) is 19.4 Å². The summed E-state index contributed by atoms with van der Waals surface area (Å²) in [4.78, 5) is 36.7. The number of carbonyl (C=O) groups is 3. The first kappa shape index (κ1) is 17.6. The van der Waals surface area contributed by atoms with Crippen LogP contribution in [-0.4, -0.2) is 47.9 Å². The average molecular weight is 301 g/mol. The number of hydrogen-bond acceptors (Lipinski definition) is 4. The molecule has 1 aliphatic rings. The molecule has 120 valence electrons. The van der Waals surface area contributed by atoms with Crippen molar-refractivity contribution in [3.05, 3.63) is 0 Å². The molecule has 1 heterocycles. The molecular formula is C15H24FNO4. The fourth-order valence-corrected chi connectivity index (χ4v) is 2.44. The second-order valence-electron chi connectivity index (χ2n) is 6.72. The van der Waals surface area contributed by atoms with Gasteiger partial charge in [-0.2, -0.15) is 0 Å². The molecule has 1 fully saturated rings. The van der Waals surface area contributed by atoms with Gasteiger partial charge < -0.3 is 9.64 Å². The molecule has 1 unspecified atom stereocenters. The number of amides is 1. The zero-order valence-corrected chi connectivity index (χ0v) is 13.2. The first-order chi connectivity index (χ1) is 9.59. The molecule has 5 nitrogen and oxygen atoms in total. The summed E-state index contributed by atoms with van der Waals surface area (Å²) in [5.41, 5.74) is -1.91. The van der Waals surface area contributed by atoms with Gasteiger partial charge in [-0.1, -0.05) is 0 Å². The molecule has 21 heavy (non-hydrogen) atoms. The number of ether oxygens (including phenoxy) is 1. The van der Waals surface area contributed by atoms with Gasteiger partial charge in [-0.15, -0.1) is 0 Å². The van der Waals surface area contributed by atoms with Crippen molar-refractivity contribution in [3.8, 4) is 0 Å². The number of alkyl halides is 1. The van der Waals surface area contributed by atoms with E-state index in [1.54, 1.807) is 20.8 Å². The lowest BCUT2D eigenvalue weighted by atomic mass is 9.76. The average Bonchev–Trinajstić information content (AvgIpc) is 2.35. The Bertz CT molecular complexity index is 430. The first-order valence-electron chi connectivity index (χ1n) is 7.16. The van der Waals surface area contributed by atoms with Gasteiger partial charge in [-0.3, -0.25) is 9.59 Å². The second-order valence-corrected chi connectivity index (χ2v) is 6.72. The molecule has 0 aromatic carbocycles. The van der Waals surface area contributed by atoms with Crippen LogP contribution >= 0.6 is 0 Å². The van der Waals surface area contributed by atoms with Gasteiger partial charge >= 0.3 is 6.09 Å². The highest BCUT2D eigenvalue weighted by atomic mass is 19.1. The molecule has 0 aromatic heterocycles. The molecule has 1 saturated heterocycles. The highest BCUT2D eigenvalue weighted by Crippen LogP contribution is 2.33.